The number of nitrogens with zero attached hydrogens (tertiary/aromatic N) is 6. The van der Waals surface area contributed by atoms with Crippen molar-refractivity contribution in [2.24, 2.45) is 15.0 Å². The highest BCUT2D eigenvalue weighted by Crippen LogP contribution is 2.36. The normalized spacial score (nSPS) is 18.0. The summed E-state index contributed by atoms with van der Waals surface area (Å²) in [6, 6.07) is 6.82. The molecule has 11 nitrogen and oxygen atoms in total. The lowest BCUT2D eigenvalue weighted by atomic mass is 10.0. The van der Waals surface area contributed by atoms with E-state index in [0.29, 0.717) is 36.1 Å². The number of allylic oxidation sites excluding steroid dienone is 3. The Hall–Kier alpha value is -5.16. The van der Waals surface area contributed by atoms with Crippen LogP contribution in [0.4, 0.5) is 52.7 Å². The molecular weight excluding hydrogens is 872 g/mol. The van der Waals surface area contributed by atoms with Crippen LogP contribution in [0.25, 0.3) is 5.69 Å². The lowest BCUT2D eigenvalue weighted by molar-refractivity contribution is -0.141. The van der Waals surface area contributed by atoms with Crippen LogP contribution in [0.1, 0.15) is 76.1 Å². The van der Waals surface area contributed by atoms with Crippen LogP contribution in [-0.4, -0.2) is 117 Å². The van der Waals surface area contributed by atoms with E-state index in [9.17, 15) is 67.4 Å². The molecule has 348 valence electrons. The van der Waals surface area contributed by atoms with Gasteiger partial charge in [0.15, 0.2) is 5.69 Å². The summed E-state index contributed by atoms with van der Waals surface area (Å²) in [5.41, 5.74) is -1.42. The smallest absolute Gasteiger partial charge is 0.392 e. The Kier molecular flexibility index (Phi) is 17.0. The van der Waals surface area contributed by atoms with Crippen LogP contribution in [0.5, 0.6) is 0 Å². The standard InChI is InChI=1S/C18H20F3N3O2.C8H10F3NO.C7H8F3NO.C7H6F3NO/c1-11-16(12(2)25)24(22-17(11)18(19,20)21)14-7-5-13(6-8-14)10-23-9-3-4-15(23)26;1-4-6(5(2)13)3-12-7(4)8(9,10)11;2*1-4-5(3-12)2-11-6(4)7(8,9)10/h5-8,12,25H,3-4,9-10H2,1-2H3;5,13H,3H2,1-2H3;12H,2-3H2,1H3;3H,2H2,1H3. The van der Waals surface area contributed by atoms with E-state index in [4.69, 9.17) is 10.2 Å². The van der Waals surface area contributed by atoms with Crippen LogP contribution in [0.15, 0.2) is 72.7 Å². The van der Waals surface area contributed by atoms with E-state index >= 15 is 0 Å². The molecule has 4 aliphatic rings. The fourth-order valence-electron chi connectivity index (χ4n) is 6.63. The molecule has 1 saturated heterocycles. The van der Waals surface area contributed by atoms with Crippen LogP contribution in [0.3, 0.4) is 0 Å². The van der Waals surface area contributed by atoms with Crippen molar-refractivity contribution in [3.63, 3.8) is 0 Å². The lowest BCUT2D eigenvalue weighted by Gasteiger charge is -2.16. The van der Waals surface area contributed by atoms with Gasteiger partial charge in [-0.05, 0) is 93.5 Å². The van der Waals surface area contributed by atoms with Gasteiger partial charge in [-0.3, -0.25) is 24.6 Å². The van der Waals surface area contributed by atoms with E-state index in [2.05, 4.69) is 20.1 Å². The van der Waals surface area contributed by atoms with Crippen LogP contribution < -0.4 is 0 Å². The molecule has 0 aliphatic carbocycles. The second-order valence-electron chi connectivity index (χ2n) is 14.5. The average Bonchev–Trinajstić information content (AvgIpc) is 3.99. The van der Waals surface area contributed by atoms with Gasteiger partial charge < -0.3 is 20.2 Å². The van der Waals surface area contributed by atoms with Crippen LogP contribution >= 0.6 is 0 Å². The number of aliphatic hydroxyl groups excluding tert-OH is 3. The Balaban J connectivity index is 0.000000242. The lowest BCUT2D eigenvalue weighted by Crippen LogP contribution is -2.23. The fraction of sp³-hybridized carbons (Fsp3) is 0.500. The third-order valence-electron chi connectivity index (χ3n) is 10.0. The number of alkyl halides is 12. The van der Waals surface area contributed by atoms with Gasteiger partial charge in [0, 0.05) is 30.6 Å². The van der Waals surface area contributed by atoms with E-state index in [0.717, 1.165) is 23.2 Å². The number of halogens is 12. The molecule has 63 heavy (non-hydrogen) atoms. The third-order valence-corrected chi connectivity index (χ3v) is 10.0. The van der Waals surface area contributed by atoms with E-state index in [1.165, 1.54) is 41.5 Å². The second-order valence-corrected chi connectivity index (χ2v) is 14.5. The quantitative estimate of drug-likeness (QED) is 0.190. The largest absolute Gasteiger partial charge is 0.435 e. The second kappa shape index (κ2) is 20.6. The summed E-state index contributed by atoms with van der Waals surface area (Å²) in [6.45, 7) is 8.70. The molecule has 3 N–H and O–H groups in total. The number of aldehydes is 1. The number of hydrogen-bond donors (Lipinski definition) is 3. The van der Waals surface area contributed by atoms with Gasteiger partial charge >= 0.3 is 24.7 Å². The van der Waals surface area contributed by atoms with Gasteiger partial charge in [-0.15, -0.1) is 0 Å². The maximum atomic E-state index is 13.2. The number of likely N-dealkylation sites (tertiary alicyclic amines) is 1. The van der Waals surface area contributed by atoms with Gasteiger partial charge in [0.25, 0.3) is 0 Å². The predicted molar refractivity (Wildman–Crippen MR) is 207 cm³/mol. The minimum atomic E-state index is -4.59. The topological polar surface area (TPSA) is 153 Å². The molecule has 2 aromatic rings. The summed E-state index contributed by atoms with van der Waals surface area (Å²) in [5, 5.41) is 31.3. The van der Waals surface area contributed by atoms with E-state index < -0.39 is 59.7 Å². The summed E-state index contributed by atoms with van der Waals surface area (Å²) in [4.78, 5) is 33.5. The molecule has 1 aromatic heterocycles. The molecule has 0 bridgehead atoms. The number of aromatic nitrogens is 2. The van der Waals surface area contributed by atoms with Crippen molar-refractivity contribution in [3.8, 4) is 5.69 Å². The molecular formula is C40H44F12N6O5. The molecule has 2 unspecified atom stereocenters. The minimum absolute atomic E-state index is 0.0306. The highest BCUT2D eigenvalue weighted by atomic mass is 19.4. The first-order chi connectivity index (χ1) is 28.9. The Morgan fingerprint density at radius 3 is 1.57 bits per heavy atom. The number of hydrogen-bond acceptors (Lipinski definition) is 9. The molecule has 1 aromatic carbocycles. The number of carbonyl (C=O) groups is 2. The fourth-order valence-corrected chi connectivity index (χ4v) is 6.63. The highest BCUT2D eigenvalue weighted by molar-refractivity contribution is 6.09. The maximum Gasteiger partial charge on any atom is 0.435 e. The number of carbonyl (C=O) groups excluding carboxylic acids is 2. The summed E-state index contributed by atoms with van der Waals surface area (Å²) >= 11 is 0. The average molecular weight is 917 g/mol. The van der Waals surface area contributed by atoms with Crippen molar-refractivity contribution in [3.05, 3.63) is 80.2 Å². The Labute approximate surface area is 352 Å². The van der Waals surface area contributed by atoms with Gasteiger partial charge in [0.2, 0.25) is 5.91 Å². The first kappa shape index (κ1) is 52.2. The summed E-state index contributed by atoms with van der Waals surface area (Å²) in [7, 11) is 0. The molecule has 0 saturated carbocycles. The van der Waals surface area contributed by atoms with E-state index in [1.54, 1.807) is 29.2 Å². The Morgan fingerprint density at radius 2 is 1.22 bits per heavy atom. The molecule has 1 fully saturated rings. The monoisotopic (exact) mass is 916 g/mol. The Bertz CT molecular complexity index is 2190. The number of benzene rings is 1. The zero-order chi connectivity index (χ0) is 48.0. The first-order valence-electron chi connectivity index (χ1n) is 18.9. The number of aliphatic hydroxyl groups is 3. The van der Waals surface area contributed by atoms with Gasteiger partial charge in [0.05, 0.1) is 49.8 Å². The first-order valence-corrected chi connectivity index (χ1v) is 18.9. The third kappa shape index (κ3) is 13.2. The zero-order valence-electron chi connectivity index (χ0n) is 34.6. The molecule has 4 aliphatic heterocycles. The van der Waals surface area contributed by atoms with Crippen molar-refractivity contribution in [2.75, 3.05) is 32.8 Å². The summed E-state index contributed by atoms with van der Waals surface area (Å²) in [5.74, 6) is 0.114. The molecule has 1 amide bonds. The SMILES string of the molecule is CC1=C(C(C)O)CN=C1C(F)(F)F.CC1=C(C=O)CN=C1C(F)(F)F.CC1=C(CO)CN=C1C(F)(F)F.Cc1c(C(F)(F)F)nn(-c2ccc(CN3CCCC3=O)cc2)c1C(C)O. The van der Waals surface area contributed by atoms with Crippen LogP contribution in [-0.2, 0) is 22.3 Å². The minimum Gasteiger partial charge on any atom is -0.392 e. The summed E-state index contributed by atoms with van der Waals surface area (Å²) < 4.78 is 150. The number of rotatable bonds is 7. The number of amides is 1. The van der Waals surface area contributed by atoms with Crippen LogP contribution in [0.2, 0.25) is 0 Å². The molecule has 0 spiro atoms. The van der Waals surface area contributed by atoms with E-state index in [-0.39, 0.29) is 65.7 Å². The maximum absolute atomic E-state index is 13.2. The zero-order valence-corrected chi connectivity index (χ0v) is 34.6. The Morgan fingerprint density at radius 1 is 0.714 bits per heavy atom. The van der Waals surface area contributed by atoms with Crippen molar-refractivity contribution >= 4 is 29.3 Å². The molecule has 0 radical (unpaired) electrons. The van der Waals surface area contributed by atoms with Gasteiger partial charge in [-0.25, -0.2) is 4.68 Å². The highest BCUT2D eigenvalue weighted by Gasteiger charge is 2.42. The van der Waals surface area contributed by atoms with Crippen LogP contribution in [0, 0.1) is 6.92 Å². The molecule has 5 heterocycles. The van der Waals surface area contributed by atoms with Gasteiger partial charge in [-0.2, -0.15) is 57.8 Å². The predicted octanol–water partition coefficient (Wildman–Crippen LogP) is 7.91. The van der Waals surface area contributed by atoms with Gasteiger partial charge in [-0.1, -0.05) is 12.1 Å². The summed E-state index contributed by atoms with van der Waals surface area (Å²) in [6.07, 6.45) is -17.9. The van der Waals surface area contributed by atoms with Crippen molar-refractivity contribution in [1.29, 1.82) is 0 Å². The molecule has 2 atom stereocenters. The van der Waals surface area contributed by atoms with E-state index in [1.807, 2.05) is 0 Å². The van der Waals surface area contributed by atoms with Crippen molar-refractivity contribution in [2.45, 2.75) is 97.8 Å². The molecule has 6 rings (SSSR count). The molecule has 23 heteroatoms. The van der Waals surface area contributed by atoms with Gasteiger partial charge in [0.1, 0.15) is 23.4 Å². The van der Waals surface area contributed by atoms with Crippen molar-refractivity contribution in [1.82, 2.24) is 14.7 Å². The number of aliphatic imine (C=N–C) groups is 3. The van der Waals surface area contributed by atoms with Crippen molar-refractivity contribution < 1.29 is 77.6 Å².